The summed E-state index contributed by atoms with van der Waals surface area (Å²) >= 11 is 0. The van der Waals surface area contributed by atoms with E-state index in [1.807, 2.05) is 18.7 Å². The van der Waals surface area contributed by atoms with E-state index >= 15 is 0 Å². The number of hydrogen-bond donors (Lipinski definition) is 1. The molecule has 2 saturated heterocycles. The normalized spacial score (nSPS) is 19.6. The van der Waals surface area contributed by atoms with Crippen molar-refractivity contribution in [1.82, 2.24) is 20.0 Å². The second kappa shape index (κ2) is 11.9. The number of rotatable bonds is 8. The van der Waals surface area contributed by atoms with E-state index in [1.165, 1.54) is 0 Å². The van der Waals surface area contributed by atoms with Gasteiger partial charge in [-0.3, -0.25) is 19.5 Å². The summed E-state index contributed by atoms with van der Waals surface area (Å²) in [5.74, 6) is 1.00. The zero-order valence-electron chi connectivity index (χ0n) is 17.8. The molecule has 2 aliphatic heterocycles. The number of guanidine groups is 1. The van der Waals surface area contributed by atoms with Gasteiger partial charge in [0.15, 0.2) is 5.96 Å². The van der Waals surface area contributed by atoms with Gasteiger partial charge >= 0.3 is 5.97 Å². The monoisotopic (exact) mass is 395 g/mol. The molecule has 2 aliphatic rings. The maximum absolute atomic E-state index is 12.6. The number of likely N-dealkylation sites (tertiary alicyclic amines) is 1. The molecule has 0 bridgehead atoms. The number of ether oxygens (including phenoxy) is 1. The van der Waals surface area contributed by atoms with Crippen LogP contribution >= 0.6 is 0 Å². The zero-order chi connectivity index (χ0) is 20.4. The number of carbonyl (C=O) groups excluding carboxylic acids is 2. The number of piperazine rings is 1. The van der Waals surface area contributed by atoms with Crippen LogP contribution < -0.4 is 5.32 Å². The molecule has 0 aromatic rings. The molecule has 2 rings (SSSR count). The second-order valence-corrected chi connectivity index (χ2v) is 7.38. The molecule has 8 heteroatoms. The maximum Gasteiger partial charge on any atom is 0.305 e. The molecule has 0 aromatic heterocycles. The number of aliphatic imine (C=N–C) groups is 1. The molecule has 2 fully saturated rings. The lowest BCUT2D eigenvalue weighted by Crippen LogP contribution is -2.57. The number of nitrogens with zero attached hydrogens (tertiary/aromatic N) is 4. The predicted octanol–water partition coefficient (Wildman–Crippen LogP) is 0.924. The number of carbonyl (C=O) groups is 2. The van der Waals surface area contributed by atoms with E-state index < -0.39 is 0 Å². The van der Waals surface area contributed by atoms with Gasteiger partial charge in [0.25, 0.3) is 0 Å². The molecule has 8 nitrogen and oxygen atoms in total. The third-order valence-electron chi connectivity index (χ3n) is 5.38. The van der Waals surface area contributed by atoms with E-state index in [2.05, 4.69) is 27.0 Å². The van der Waals surface area contributed by atoms with Crippen LogP contribution in [0.3, 0.4) is 0 Å². The standard InChI is InChI=1S/C20H37N5O3/c1-4-21-20(22-10-8-9-18(26)28-5-2)25-15-13-23(14-16-25)17(3)19(27)24-11-6-7-12-24/h17H,4-16H2,1-3H3,(H,21,22). The van der Waals surface area contributed by atoms with E-state index in [-0.39, 0.29) is 17.9 Å². The van der Waals surface area contributed by atoms with Gasteiger partial charge in [-0.1, -0.05) is 0 Å². The van der Waals surface area contributed by atoms with Crippen LogP contribution in [0.15, 0.2) is 4.99 Å². The average Bonchev–Trinajstić information content (AvgIpc) is 3.24. The highest BCUT2D eigenvalue weighted by atomic mass is 16.5. The van der Waals surface area contributed by atoms with Crippen LogP contribution in [0.2, 0.25) is 0 Å². The summed E-state index contributed by atoms with van der Waals surface area (Å²) in [6.07, 6.45) is 3.35. The first-order valence-corrected chi connectivity index (χ1v) is 10.8. The van der Waals surface area contributed by atoms with Gasteiger partial charge in [0.05, 0.1) is 12.6 Å². The predicted molar refractivity (Wildman–Crippen MR) is 110 cm³/mol. The van der Waals surface area contributed by atoms with E-state index in [0.717, 1.165) is 64.6 Å². The van der Waals surface area contributed by atoms with E-state index in [4.69, 9.17) is 4.74 Å². The number of nitrogens with one attached hydrogen (secondary N) is 1. The number of hydrogen-bond acceptors (Lipinski definition) is 5. The minimum absolute atomic E-state index is 0.0515. The summed E-state index contributed by atoms with van der Waals surface area (Å²) in [5, 5.41) is 3.34. The SMILES string of the molecule is CCNC(=NCCCC(=O)OCC)N1CCN(C(C)C(=O)N2CCCC2)CC1. The number of amides is 1. The first kappa shape index (κ1) is 22.5. The fraction of sp³-hybridized carbons (Fsp3) is 0.850. The van der Waals surface area contributed by atoms with Crippen LogP contribution in [0.4, 0.5) is 0 Å². The van der Waals surface area contributed by atoms with Gasteiger partial charge in [0, 0.05) is 58.8 Å². The first-order chi connectivity index (χ1) is 13.6. The Kier molecular flexibility index (Phi) is 9.54. The highest BCUT2D eigenvalue weighted by Gasteiger charge is 2.30. The summed E-state index contributed by atoms with van der Waals surface area (Å²) in [4.78, 5) is 35.3. The molecule has 1 atom stereocenters. The summed E-state index contributed by atoms with van der Waals surface area (Å²) in [6.45, 7) is 13.0. The molecular formula is C20H37N5O3. The summed E-state index contributed by atoms with van der Waals surface area (Å²) in [7, 11) is 0. The van der Waals surface area contributed by atoms with Crippen LogP contribution in [0.25, 0.3) is 0 Å². The van der Waals surface area contributed by atoms with E-state index in [0.29, 0.717) is 26.0 Å². The minimum atomic E-state index is -0.159. The zero-order valence-corrected chi connectivity index (χ0v) is 17.8. The van der Waals surface area contributed by atoms with Crippen LogP contribution in [0.1, 0.15) is 46.5 Å². The van der Waals surface area contributed by atoms with Crippen molar-refractivity contribution in [3.63, 3.8) is 0 Å². The van der Waals surface area contributed by atoms with Gasteiger partial charge in [-0.25, -0.2) is 0 Å². The van der Waals surface area contributed by atoms with Gasteiger partial charge in [0.1, 0.15) is 0 Å². The Hall–Kier alpha value is -1.83. The Morgan fingerprint density at radius 2 is 1.71 bits per heavy atom. The Bertz CT molecular complexity index is 526. The molecule has 28 heavy (non-hydrogen) atoms. The summed E-state index contributed by atoms with van der Waals surface area (Å²) in [6, 6.07) is -0.0515. The molecule has 1 N–H and O–H groups in total. The second-order valence-electron chi connectivity index (χ2n) is 7.38. The molecule has 0 aliphatic carbocycles. The van der Waals surface area contributed by atoms with Crippen molar-refractivity contribution in [1.29, 1.82) is 0 Å². The molecule has 0 aromatic carbocycles. The molecule has 0 spiro atoms. The third-order valence-corrected chi connectivity index (χ3v) is 5.38. The van der Waals surface area contributed by atoms with Crippen molar-refractivity contribution in [2.24, 2.45) is 4.99 Å². The molecule has 160 valence electrons. The van der Waals surface area contributed by atoms with Gasteiger partial charge in [-0.2, -0.15) is 0 Å². The lowest BCUT2D eigenvalue weighted by molar-refractivity contribution is -0.143. The average molecular weight is 396 g/mol. The number of esters is 1. The van der Waals surface area contributed by atoms with E-state index in [9.17, 15) is 9.59 Å². The van der Waals surface area contributed by atoms with Crippen molar-refractivity contribution in [3.8, 4) is 0 Å². The third kappa shape index (κ3) is 6.65. The lowest BCUT2D eigenvalue weighted by Gasteiger charge is -2.39. The molecule has 0 radical (unpaired) electrons. The topological polar surface area (TPSA) is 77.5 Å². The van der Waals surface area contributed by atoms with Crippen molar-refractivity contribution < 1.29 is 14.3 Å². The fourth-order valence-electron chi connectivity index (χ4n) is 3.75. The molecule has 0 saturated carbocycles. The molecular weight excluding hydrogens is 358 g/mol. The van der Waals surface area contributed by atoms with Gasteiger partial charge in [-0.15, -0.1) is 0 Å². The fourth-order valence-corrected chi connectivity index (χ4v) is 3.75. The smallest absolute Gasteiger partial charge is 0.305 e. The Balaban J connectivity index is 1.79. The van der Waals surface area contributed by atoms with E-state index in [1.54, 1.807) is 0 Å². The van der Waals surface area contributed by atoms with Crippen LogP contribution in [-0.4, -0.2) is 97.5 Å². The van der Waals surface area contributed by atoms with Gasteiger partial charge in [-0.05, 0) is 40.0 Å². The van der Waals surface area contributed by atoms with Crippen molar-refractivity contribution in [3.05, 3.63) is 0 Å². The molecule has 1 amide bonds. The van der Waals surface area contributed by atoms with Crippen molar-refractivity contribution in [2.75, 3.05) is 59.0 Å². The maximum atomic E-state index is 12.6. The van der Waals surface area contributed by atoms with Crippen LogP contribution in [0.5, 0.6) is 0 Å². The lowest BCUT2D eigenvalue weighted by atomic mass is 10.2. The van der Waals surface area contributed by atoms with Gasteiger partial charge < -0.3 is 19.9 Å². The summed E-state index contributed by atoms with van der Waals surface area (Å²) < 4.78 is 4.95. The van der Waals surface area contributed by atoms with Crippen LogP contribution in [-0.2, 0) is 14.3 Å². The van der Waals surface area contributed by atoms with Crippen molar-refractivity contribution in [2.45, 2.75) is 52.5 Å². The molecule has 2 heterocycles. The largest absolute Gasteiger partial charge is 0.466 e. The summed E-state index contributed by atoms with van der Waals surface area (Å²) in [5.41, 5.74) is 0. The highest BCUT2D eigenvalue weighted by molar-refractivity contribution is 5.82. The quantitative estimate of drug-likeness (QED) is 0.285. The Morgan fingerprint density at radius 1 is 1.04 bits per heavy atom. The first-order valence-electron chi connectivity index (χ1n) is 10.8. The van der Waals surface area contributed by atoms with Crippen molar-refractivity contribution >= 4 is 17.8 Å². The Morgan fingerprint density at radius 3 is 2.32 bits per heavy atom. The minimum Gasteiger partial charge on any atom is -0.466 e. The Labute approximate surface area is 169 Å². The van der Waals surface area contributed by atoms with Gasteiger partial charge in [0.2, 0.25) is 5.91 Å². The molecule has 1 unspecified atom stereocenters. The highest BCUT2D eigenvalue weighted by Crippen LogP contribution is 2.14. The van der Waals surface area contributed by atoms with Crippen LogP contribution in [0, 0.1) is 0 Å².